The van der Waals surface area contributed by atoms with Gasteiger partial charge in [-0.05, 0) is 49.2 Å². The van der Waals surface area contributed by atoms with E-state index >= 15 is 0 Å². The smallest absolute Gasteiger partial charge is 0.238 e. The number of tetrazole rings is 1. The number of hydrogen-bond acceptors (Lipinski definition) is 9. The third-order valence-corrected chi connectivity index (χ3v) is 5.52. The molecule has 0 aliphatic carbocycles. The quantitative estimate of drug-likeness (QED) is 0.319. The molecule has 1 aromatic carbocycles. The van der Waals surface area contributed by atoms with Crippen molar-refractivity contribution in [3.63, 3.8) is 0 Å². The molecular weight excluding hydrogens is 462 g/mol. The minimum absolute atomic E-state index is 0.155. The summed E-state index contributed by atoms with van der Waals surface area (Å²) in [6.07, 6.45) is 4.33. The highest BCUT2D eigenvalue weighted by Gasteiger charge is 2.15. The number of benzene rings is 1. The van der Waals surface area contributed by atoms with Gasteiger partial charge in [-0.25, -0.2) is 4.68 Å². The van der Waals surface area contributed by atoms with Crippen molar-refractivity contribution >= 4 is 12.2 Å². The van der Waals surface area contributed by atoms with E-state index in [1.807, 2.05) is 24.3 Å². The third-order valence-electron chi connectivity index (χ3n) is 5.22. The standard InChI is InChI=1S/C22H27N5O6S/c1-29-18-7-5-16(6-8-18)15-32-20-14-27(33-11-10-31-21-4-2-3-9-30-21)17(12-19(20)28)13-26-22(34)23-24-25-26/h5-8,12,14,21H,2-4,9-11,13,15H2,1H3,(H,23,25,34). The number of methoxy groups -OCH3 is 1. The van der Waals surface area contributed by atoms with Crippen molar-refractivity contribution in [2.24, 2.45) is 0 Å². The Morgan fingerprint density at radius 1 is 1.24 bits per heavy atom. The Kier molecular flexibility index (Phi) is 8.28. The molecule has 0 amide bonds. The van der Waals surface area contributed by atoms with Crippen molar-refractivity contribution in [3.05, 3.63) is 62.8 Å². The Hall–Kier alpha value is -3.22. The van der Waals surface area contributed by atoms with Gasteiger partial charge in [0.05, 0.1) is 32.2 Å². The van der Waals surface area contributed by atoms with Gasteiger partial charge in [0.25, 0.3) is 0 Å². The molecule has 1 N–H and O–H groups in total. The van der Waals surface area contributed by atoms with E-state index in [9.17, 15) is 4.79 Å². The highest BCUT2D eigenvalue weighted by atomic mass is 32.1. The molecule has 11 nitrogen and oxygen atoms in total. The van der Waals surface area contributed by atoms with Crippen LogP contribution in [0.15, 0.2) is 41.3 Å². The zero-order chi connectivity index (χ0) is 23.8. The maximum Gasteiger partial charge on any atom is 0.238 e. The molecule has 0 radical (unpaired) electrons. The van der Waals surface area contributed by atoms with Gasteiger partial charge in [-0.2, -0.15) is 9.94 Å². The van der Waals surface area contributed by atoms with Crippen LogP contribution < -0.4 is 19.7 Å². The van der Waals surface area contributed by atoms with E-state index in [-0.39, 0.29) is 42.0 Å². The number of nitrogens with zero attached hydrogens (tertiary/aromatic N) is 4. The minimum atomic E-state index is -0.283. The number of pyridine rings is 1. The molecule has 0 spiro atoms. The number of rotatable bonds is 11. The fraction of sp³-hybridized carbons (Fsp3) is 0.455. The first kappa shape index (κ1) is 23.9. The molecule has 0 saturated carbocycles. The molecule has 4 rings (SSSR count). The first-order chi connectivity index (χ1) is 16.6. The van der Waals surface area contributed by atoms with Crippen LogP contribution in [0, 0.1) is 4.77 Å². The van der Waals surface area contributed by atoms with Gasteiger partial charge < -0.3 is 23.8 Å². The van der Waals surface area contributed by atoms with Crippen LogP contribution in [0.25, 0.3) is 0 Å². The first-order valence-corrected chi connectivity index (χ1v) is 11.4. The third kappa shape index (κ3) is 6.43. The van der Waals surface area contributed by atoms with Crippen LogP contribution in [-0.2, 0) is 22.6 Å². The zero-order valence-corrected chi connectivity index (χ0v) is 19.7. The molecule has 3 aromatic rings. The van der Waals surface area contributed by atoms with Crippen LogP contribution in [0.2, 0.25) is 0 Å². The summed E-state index contributed by atoms with van der Waals surface area (Å²) in [6, 6.07) is 8.86. The predicted molar refractivity (Wildman–Crippen MR) is 123 cm³/mol. The number of aromatic nitrogens is 5. The Morgan fingerprint density at radius 2 is 2.09 bits per heavy atom. The highest BCUT2D eigenvalue weighted by Crippen LogP contribution is 2.15. The van der Waals surface area contributed by atoms with Gasteiger partial charge in [0.1, 0.15) is 19.0 Å². The maximum absolute atomic E-state index is 12.7. The van der Waals surface area contributed by atoms with Crippen LogP contribution in [0.4, 0.5) is 0 Å². The molecule has 1 saturated heterocycles. The van der Waals surface area contributed by atoms with Gasteiger partial charge in [0.15, 0.2) is 12.0 Å². The summed E-state index contributed by atoms with van der Waals surface area (Å²) in [5, 5.41) is 10.1. The monoisotopic (exact) mass is 489 g/mol. The lowest BCUT2D eigenvalue weighted by atomic mass is 10.2. The Bertz CT molecular complexity index is 1170. The second-order valence-electron chi connectivity index (χ2n) is 7.62. The van der Waals surface area contributed by atoms with Gasteiger partial charge in [-0.15, -0.1) is 0 Å². The Morgan fingerprint density at radius 3 is 2.79 bits per heavy atom. The molecule has 1 aliphatic rings. The highest BCUT2D eigenvalue weighted by molar-refractivity contribution is 7.71. The number of ether oxygens (including phenoxy) is 4. The van der Waals surface area contributed by atoms with Crippen LogP contribution in [0.1, 0.15) is 30.5 Å². The normalized spacial score (nSPS) is 15.7. The fourth-order valence-electron chi connectivity index (χ4n) is 3.40. The molecule has 1 aliphatic heterocycles. The lowest BCUT2D eigenvalue weighted by molar-refractivity contribution is -0.169. The summed E-state index contributed by atoms with van der Waals surface area (Å²) in [4.78, 5) is 18.6. The molecule has 2 aromatic heterocycles. The largest absolute Gasteiger partial charge is 0.497 e. The van der Waals surface area contributed by atoms with Crippen molar-refractivity contribution in [2.45, 2.75) is 38.7 Å². The number of H-pyrrole nitrogens is 1. The van der Waals surface area contributed by atoms with Crippen LogP contribution >= 0.6 is 12.2 Å². The molecule has 34 heavy (non-hydrogen) atoms. The van der Waals surface area contributed by atoms with E-state index < -0.39 is 0 Å². The van der Waals surface area contributed by atoms with E-state index in [1.54, 1.807) is 7.11 Å². The van der Waals surface area contributed by atoms with Gasteiger partial charge in [-0.1, -0.05) is 22.4 Å². The summed E-state index contributed by atoms with van der Waals surface area (Å²) < 4.78 is 25.5. The van der Waals surface area contributed by atoms with Crippen molar-refractivity contribution < 1.29 is 23.8 Å². The summed E-state index contributed by atoms with van der Waals surface area (Å²) in [5.74, 6) is 0.902. The lowest BCUT2D eigenvalue weighted by Crippen LogP contribution is -2.28. The summed E-state index contributed by atoms with van der Waals surface area (Å²) in [6.45, 7) is 1.73. The van der Waals surface area contributed by atoms with Gasteiger partial charge in [-0.3, -0.25) is 4.79 Å². The average molecular weight is 490 g/mol. The van der Waals surface area contributed by atoms with E-state index in [2.05, 4.69) is 15.5 Å². The minimum Gasteiger partial charge on any atom is -0.497 e. The molecule has 1 fully saturated rings. The van der Waals surface area contributed by atoms with E-state index in [4.69, 9.17) is 36.0 Å². The zero-order valence-electron chi connectivity index (χ0n) is 18.8. The maximum atomic E-state index is 12.7. The second kappa shape index (κ2) is 11.8. The van der Waals surface area contributed by atoms with Gasteiger partial charge >= 0.3 is 0 Å². The molecule has 1 atom stereocenters. The fourth-order valence-corrected chi connectivity index (χ4v) is 3.55. The lowest BCUT2D eigenvalue weighted by Gasteiger charge is -2.23. The van der Waals surface area contributed by atoms with Crippen LogP contribution in [0.5, 0.6) is 11.5 Å². The van der Waals surface area contributed by atoms with Crippen molar-refractivity contribution in [1.82, 2.24) is 24.9 Å². The van der Waals surface area contributed by atoms with E-state index in [0.29, 0.717) is 18.9 Å². The number of nitrogens with one attached hydrogen (secondary N) is 1. The van der Waals surface area contributed by atoms with Gasteiger partial charge in [0, 0.05) is 12.7 Å². The van der Waals surface area contributed by atoms with Crippen molar-refractivity contribution in [2.75, 3.05) is 26.9 Å². The summed E-state index contributed by atoms with van der Waals surface area (Å²) in [7, 11) is 1.61. The van der Waals surface area contributed by atoms with Gasteiger partial charge in [0.2, 0.25) is 10.2 Å². The van der Waals surface area contributed by atoms with Crippen LogP contribution in [0.3, 0.4) is 0 Å². The number of hydrogen-bond donors (Lipinski definition) is 1. The second-order valence-corrected chi connectivity index (χ2v) is 7.99. The molecule has 3 heterocycles. The molecule has 0 bridgehead atoms. The molecule has 182 valence electrons. The average Bonchev–Trinajstić information content (AvgIpc) is 3.27. The number of aromatic amines is 1. The Balaban J connectivity index is 1.45. The summed E-state index contributed by atoms with van der Waals surface area (Å²) in [5.41, 5.74) is 1.15. The van der Waals surface area contributed by atoms with Crippen molar-refractivity contribution in [1.29, 1.82) is 0 Å². The summed E-state index contributed by atoms with van der Waals surface area (Å²) >= 11 is 5.14. The van der Waals surface area contributed by atoms with E-state index in [0.717, 1.165) is 30.6 Å². The first-order valence-electron chi connectivity index (χ1n) is 11.0. The molecular formula is C22H27N5O6S. The predicted octanol–water partition coefficient (Wildman–Crippen LogP) is 2.11. The topological polar surface area (TPSA) is 115 Å². The van der Waals surface area contributed by atoms with Crippen molar-refractivity contribution in [3.8, 4) is 11.5 Å². The van der Waals surface area contributed by atoms with Crippen LogP contribution in [-0.4, -0.2) is 58.2 Å². The molecule has 1 unspecified atom stereocenters. The molecule has 12 heteroatoms. The SMILES string of the molecule is COc1ccc(COc2cn(OCCOC3CCCCO3)c(Cn3[nH]nnc3=S)cc2=O)cc1. The Labute approximate surface area is 201 Å². The van der Waals surface area contributed by atoms with E-state index in [1.165, 1.54) is 21.7 Å².